The third-order valence-electron chi connectivity index (χ3n) is 5.70. The summed E-state index contributed by atoms with van der Waals surface area (Å²) in [6.07, 6.45) is 2.30. The van der Waals surface area contributed by atoms with Gasteiger partial charge in [0.2, 0.25) is 0 Å². The fraction of sp³-hybridized carbons (Fsp3) is 0.280. The summed E-state index contributed by atoms with van der Waals surface area (Å²) in [6, 6.07) is 18.7. The van der Waals surface area contributed by atoms with Crippen molar-refractivity contribution in [1.29, 1.82) is 0 Å². The number of para-hydroxylation sites is 2. The molecule has 1 saturated heterocycles. The van der Waals surface area contributed by atoms with Gasteiger partial charge in [0.15, 0.2) is 0 Å². The third-order valence-corrected chi connectivity index (χ3v) is 6.57. The first kappa shape index (κ1) is 22.0. The van der Waals surface area contributed by atoms with Crippen LogP contribution in [0.4, 0.5) is 5.69 Å². The summed E-state index contributed by atoms with van der Waals surface area (Å²) < 4.78 is 5.59. The number of nitrogens with zero attached hydrogens (tertiary/aromatic N) is 1. The van der Waals surface area contributed by atoms with Gasteiger partial charge in [0, 0.05) is 12.1 Å². The monoisotopic (exact) mass is 449 g/mol. The Bertz CT molecular complexity index is 1060. The van der Waals surface area contributed by atoms with Crippen molar-refractivity contribution in [2.75, 3.05) is 32.1 Å². The summed E-state index contributed by atoms with van der Waals surface area (Å²) in [5.74, 6) is 0.387. The number of methoxy groups -OCH3 is 1. The number of nitrogens with one attached hydrogen (secondary N) is 2. The summed E-state index contributed by atoms with van der Waals surface area (Å²) >= 11 is 1.36. The van der Waals surface area contributed by atoms with Crippen LogP contribution in [0.15, 0.2) is 66.0 Å². The fourth-order valence-corrected chi connectivity index (χ4v) is 4.72. The zero-order chi connectivity index (χ0) is 22.3. The second kappa shape index (κ2) is 10.4. The van der Waals surface area contributed by atoms with Crippen LogP contribution in [0.25, 0.3) is 0 Å². The van der Waals surface area contributed by atoms with Crippen molar-refractivity contribution in [2.24, 2.45) is 0 Å². The lowest BCUT2D eigenvalue weighted by atomic mass is 10.0. The molecule has 1 aromatic heterocycles. The van der Waals surface area contributed by atoms with Crippen LogP contribution in [0.2, 0.25) is 0 Å². The van der Waals surface area contributed by atoms with E-state index in [4.69, 9.17) is 4.74 Å². The molecule has 0 spiro atoms. The number of benzene rings is 2. The molecule has 0 saturated carbocycles. The molecule has 166 valence electrons. The molecule has 3 aromatic rings. The molecule has 1 aliphatic rings. The highest BCUT2D eigenvalue weighted by molar-refractivity contribution is 7.12. The second-order valence-electron chi connectivity index (χ2n) is 7.69. The van der Waals surface area contributed by atoms with Gasteiger partial charge in [-0.1, -0.05) is 36.4 Å². The van der Waals surface area contributed by atoms with E-state index in [1.54, 1.807) is 31.4 Å². The molecule has 6 nitrogen and oxygen atoms in total. The maximum atomic E-state index is 13.1. The number of rotatable bonds is 8. The minimum absolute atomic E-state index is 0.0190. The van der Waals surface area contributed by atoms with Gasteiger partial charge in [-0.2, -0.15) is 0 Å². The number of thiophene rings is 1. The van der Waals surface area contributed by atoms with E-state index in [0.717, 1.165) is 37.2 Å². The predicted octanol–water partition coefficient (Wildman–Crippen LogP) is 4.58. The van der Waals surface area contributed by atoms with Crippen LogP contribution in [0.3, 0.4) is 0 Å². The molecule has 2 aromatic carbocycles. The number of hydrogen-bond donors (Lipinski definition) is 2. The molecule has 0 radical (unpaired) electrons. The van der Waals surface area contributed by atoms with Crippen molar-refractivity contribution >= 4 is 28.8 Å². The summed E-state index contributed by atoms with van der Waals surface area (Å²) in [5, 5.41) is 7.81. The third kappa shape index (κ3) is 5.00. The highest BCUT2D eigenvalue weighted by Gasteiger charge is 2.26. The highest BCUT2D eigenvalue weighted by Crippen LogP contribution is 2.31. The molecule has 2 amide bonds. The van der Waals surface area contributed by atoms with Crippen molar-refractivity contribution in [3.8, 4) is 5.75 Å². The van der Waals surface area contributed by atoms with E-state index < -0.39 is 0 Å². The molecule has 1 fully saturated rings. The average molecular weight is 450 g/mol. The zero-order valence-electron chi connectivity index (χ0n) is 18.0. The van der Waals surface area contributed by atoms with E-state index in [0.29, 0.717) is 22.7 Å². The Hall–Kier alpha value is -3.16. The molecule has 0 bridgehead atoms. The molecule has 2 heterocycles. The van der Waals surface area contributed by atoms with Crippen molar-refractivity contribution in [1.82, 2.24) is 10.2 Å². The van der Waals surface area contributed by atoms with Gasteiger partial charge >= 0.3 is 0 Å². The quantitative estimate of drug-likeness (QED) is 0.528. The Morgan fingerprint density at radius 3 is 2.50 bits per heavy atom. The lowest BCUT2D eigenvalue weighted by Gasteiger charge is -2.29. The maximum absolute atomic E-state index is 13.1. The van der Waals surface area contributed by atoms with Crippen LogP contribution in [0.5, 0.6) is 5.75 Å². The molecule has 0 aliphatic carbocycles. The fourth-order valence-electron chi connectivity index (χ4n) is 4.10. The molecule has 1 atom stereocenters. The van der Waals surface area contributed by atoms with Crippen molar-refractivity contribution in [3.63, 3.8) is 0 Å². The largest absolute Gasteiger partial charge is 0.496 e. The number of amides is 2. The van der Waals surface area contributed by atoms with Gasteiger partial charge < -0.3 is 15.4 Å². The van der Waals surface area contributed by atoms with Crippen LogP contribution in [-0.2, 0) is 0 Å². The lowest BCUT2D eigenvalue weighted by Crippen LogP contribution is -2.37. The molecule has 32 heavy (non-hydrogen) atoms. The Morgan fingerprint density at radius 1 is 1.00 bits per heavy atom. The van der Waals surface area contributed by atoms with Gasteiger partial charge in [-0.05, 0) is 55.6 Å². The number of carbonyl (C=O) groups excluding carboxylic acids is 2. The maximum Gasteiger partial charge on any atom is 0.265 e. The van der Waals surface area contributed by atoms with Crippen molar-refractivity contribution in [2.45, 2.75) is 18.9 Å². The highest BCUT2D eigenvalue weighted by atomic mass is 32.1. The smallest absolute Gasteiger partial charge is 0.265 e. The molecular formula is C25H27N3O3S. The summed E-state index contributed by atoms with van der Waals surface area (Å²) in [4.78, 5) is 28.6. The van der Waals surface area contributed by atoms with Crippen LogP contribution >= 0.6 is 11.3 Å². The number of carbonyl (C=O) groups is 2. The zero-order valence-corrected chi connectivity index (χ0v) is 18.9. The van der Waals surface area contributed by atoms with Crippen LogP contribution in [-0.4, -0.2) is 43.5 Å². The standard InChI is InChI=1S/C25H27N3O3S/c1-31-22-12-5-3-10-19(22)21(28-14-6-7-15-28)17-26-24(29)18-9-2-4-11-20(18)27-25(30)23-13-8-16-32-23/h2-5,8-13,16,21H,6-7,14-15,17H2,1H3,(H,26,29)(H,27,30). The van der Waals surface area contributed by atoms with Gasteiger partial charge in [-0.3, -0.25) is 14.5 Å². The van der Waals surface area contributed by atoms with E-state index >= 15 is 0 Å². The molecule has 2 N–H and O–H groups in total. The van der Waals surface area contributed by atoms with E-state index in [9.17, 15) is 9.59 Å². The predicted molar refractivity (Wildman–Crippen MR) is 128 cm³/mol. The van der Waals surface area contributed by atoms with Gasteiger partial charge in [-0.25, -0.2) is 0 Å². The molecule has 1 aliphatic heterocycles. The van der Waals surface area contributed by atoms with E-state index in [1.807, 2.05) is 35.7 Å². The Morgan fingerprint density at radius 2 is 1.75 bits per heavy atom. The minimum atomic E-state index is -0.218. The number of ether oxygens (including phenoxy) is 1. The van der Waals surface area contributed by atoms with Gasteiger partial charge in [0.25, 0.3) is 11.8 Å². The van der Waals surface area contributed by atoms with Gasteiger partial charge in [-0.15, -0.1) is 11.3 Å². The first-order valence-electron chi connectivity index (χ1n) is 10.8. The van der Waals surface area contributed by atoms with E-state index in [2.05, 4.69) is 21.6 Å². The van der Waals surface area contributed by atoms with Crippen molar-refractivity contribution < 1.29 is 14.3 Å². The molecular weight excluding hydrogens is 422 g/mol. The Balaban J connectivity index is 1.51. The second-order valence-corrected chi connectivity index (χ2v) is 8.64. The molecule has 7 heteroatoms. The van der Waals surface area contributed by atoms with Crippen molar-refractivity contribution in [3.05, 3.63) is 82.0 Å². The average Bonchev–Trinajstić information content (AvgIpc) is 3.54. The molecule has 4 rings (SSSR count). The normalized spacial score (nSPS) is 14.7. The summed E-state index contributed by atoms with van der Waals surface area (Å²) in [6.45, 7) is 2.44. The molecule has 1 unspecified atom stereocenters. The topological polar surface area (TPSA) is 70.7 Å². The number of likely N-dealkylation sites (tertiary alicyclic amines) is 1. The minimum Gasteiger partial charge on any atom is -0.496 e. The number of anilines is 1. The lowest BCUT2D eigenvalue weighted by molar-refractivity contribution is 0.0938. The SMILES string of the molecule is COc1ccccc1C(CNC(=O)c1ccccc1NC(=O)c1cccs1)N1CCCC1. The number of hydrogen-bond acceptors (Lipinski definition) is 5. The van der Waals surface area contributed by atoms with Crippen LogP contribution in [0, 0.1) is 0 Å². The first-order chi connectivity index (χ1) is 15.7. The van der Waals surface area contributed by atoms with Gasteiger partial charge in [0.05, 0.1) is 29.3 Å². The van der Waals surface area contributed by atoms with Crippen LogP contribution < -0.4 is 15.4 Å². The van der Waals surface area contributed by atoms with E-state index in [1.165, 1.54) is 11.3 Å². The summed E-state index contributed by atoms with van der Waals surface area (Å²) in [5.41, 5.74) is 2.01. The first-order valence-corrected chi connectivity index (χ1v) is 11.6. The van der Waals surface area contributed by atoms with Crippen LogP contribution in [0.1, 0.15) is 44.5 Å². The summed E-state index contributed by atoms with van der Waals surface area (Å²) in [7, 11) is 1.67. The van der Waals surface area contributed by atoms with Gasteiger partial charge in [0.1, 0.15) is 5.75 Å². The Kier molecular flexibility index (Phi) is 7.19. The van der Waals surface area contributed by atoms with E-state index in [-0.39, 0.29) is 17.9 Å². The Labute approximate surface area is 192 Å².